The quantitative estimate of drug-likeness (QED) is 0.789. The topological polar surface area (TPSA) is 66.4 Å². The molecule has 0 atom stereocenters. The van der Waals surface area contributed by atoms with Gasteiger partial charge in [-0.25, -0.2) is 0 Å². The molecule has 1 amide bonds. The molecule has 92 valence electrons. The summed E-state index contributed by atoms with van der Waals surface area (Å²) in [5, 5.41) is 11.2. The number of amides is 1. The first-order chi connectivity index (χ1) is 8.08. The number of carboxylic acid groups (broad SMARTS) is 1. The van der Waals surface area contributed by atoms with Gasteiger partial charge in [-0.1, -0.05) is 24.3 Å². The fourth-order valence-electron chi connectivity index (χ4n) is 1.49. The van der Waals surface area contributed by atoms with Gasteiger partial charge in [0.1, 0.15) is 0 Å². The molecule has 1 aromatic carbocycles. The Morgan fingerprint density at radius 3 is 2.29 bits per heavy atom. The summed E-state index contributed by atoms with van der Waals surface area (Å²) >= 11 is 0. The van der Waals surface area contributed by atoms with Gasteiger partial charge in [0, 0.05) is 19.9 Å². The Balaban J connectivity index is 2.39. The monoisotopic (exact) mass is 235 g/mol. The predicted octanol–water partition coefficient (Wildman–Crippen LogP) is 1.73. The number of hydrogen-bond donors (Lipinski definition) is 2. The van der Waals surface area contributed by atoms with Crippen molar-refractivity contribution < 1.29 is 14.7 Å². The highest BCUT2D eigenvalue weighted by atomic mass is 16.4. The average Bonchev–Trinajstić information content (AvgIpc) is 2.27. The van der Waals surface area contributed by atoms with Gasteiger partial charge in [-0.05, 0) is 24.0 Å². The number of aryl methyl sites for hydroxylation is 1. The number of carbonyl (C=O) groups is 2. The maximum Gasteiger partial charge on any atom is 0.303 e. The second-order valence-corrected chi connectivity index (χ2v) is 3.97. The summed E-state index contributed by atoms with van der Waals surface area (Å²) in [4.78, 5) is 21.1. The fourth-order valence-corrected chi connectivity index (χ4v) is 1.49. The first kappa shape index (κ1) is 13.2. The SMILES string of the molecule is CC(=O)NCc1ccc(CCCC(=O)O)cc1. The van der Waals surface area contributed by atoms with Crippen LogP contribution in [0.2, 0.25) is 0 Å². The fraction of sp³-hybridized carbons (Fsp3) is 0.385. The minimum atomic E-state index is -0.757. The van der Waals surface area contributed by atoms with E-state index in [0.717, 1.165) is 17.5 Å². The Kier molecular flexibility index (Phi) is 5.20. The lowest BCUT2D eigenvalue weighted by Crippen LogP contribution is -2.18. The molecule has 1 aromatic rings. The number of nitrogens with one attached hydrogen (secondary N) is 1. The smallest absolute Gasteiger partial charge is 0.303 e. The van der Waals surface area contributed by atoms with E-state index in [1.807, 2.05) is 24.3 Å². The summed E-state index contributed by atoms with van der Waals surface area (Å²) in [5.74, 6) is -0.803. The number of carbonyl (C=O) groups excluding carboxylic acids is 1. The normalized spacial score (nSPS) is 9.94. The van der Waals surface area contributed by atoms with Crippen LogP contribution in [-0.2, 0) is 22.6 Å². The molecule has 0 aromatic heterocycles. The van der Waals surface area contributed by atoms with Gasteiger partial charge in [-0.15, -0.1) is 0 Å². The van der Waals surface area contributed by atoms with E-state index >= 15 is 0 Å². The van der Waals surface area contributed by atoms with E-state index in [2.05, 4.69) is 5.32 Å². The van der Waals surface area contributed by atoms with Crippen molar-refractivity contribution in [2.45, 2.75) is 32.7 Å². The van der Waals surface area contributed by atoms with E-state index in [4.69, 9.17) is 5.11 Å². The van der Waals surface area contributed by atoms with Gasteiger partial charge in [0.05, 0.1) is 0 Å². The number of benzene rings is 1. The highest BCUT2D eigenvalue weighted by molar-refractivity contribution is 5.72. The van der Waals surface area contributed by atoms with E-state index < -0.39 is 5.97 Å². The first-order valence-electron chi connectivity index (χ1n) is 5.62. The second kappa shape index (κ2) is 6.68. The molecule has 4 heteroatoms. The summed E-state index contributed by atoms with van der Waals surface area (Å²) < 4.78 is 0. The van der Waals surface area contributed by atoms with E-state index in [0.29, 0.717) is 13.0 Å². The predicted molar refractivity (Wildman–Crippen MR) is 64.5 cm³/mol. The molecule has 0 radical (unpaired) electrons. The van der Waals surface area contributed by atoms with Gasteiger partial charge in [0.2, 0.25) is 5.91 Å². The Labute approximate surface area is 101 Å². The van der Waals surface area contributed by atoms with Crippen molar-refractivity contribution in [3.63, 3.8) is 0 Å². The van der Waals surface area contributed by atoms with Gasteiger partial charge < -0.3 is 10.4 Å². The largest absolute Gasteiger partial charge is 0.481 e. The van der Waals surface area contributed by atoms with E-state index in [1.54, 1.807) is 0 Å². The van der Waals surface area contributed by atoms with Crippen LogP contribution in [0.4, 0.5) is 0 Å². The van der Waals surface area contributed by atoms with Crippen LogP contribution in [0.25, 0.3) is 0 Å². The zero-order valence-corrected chi connectivity index (χ0v) is 9.90. The maximum absolute atomic E-state index is 10.7. The lowest BCUT2D eigenvalue weighted by Gasteiger charge is -2.04. The summed E-state index contributed by atoms with van der Waals surface area (Å²) in [6, 6.07) is 7.84. The molecule has 0 saturated carbocycles. The van der Waals surface area contributed by atoms with Crippen molar-refractivity contribution in [3.8, 4) is 0 Å². The van der Waals surface area contributed by atoms with Crippen LogP contribution in [-0.4, -0.2) is 17.0 Å². The zero-order chi connectivity index (χ0) is 12.7. The Morgan fingerprint density at radius 2 is 1.76 bits per heavy atom. The molecule has 0 saturated heterocycles. The Hall–Kier alpha value is -1.84. The van der Waals surface area contributed by atoms with Gasteiger partial charge in [-0.2, -0.15) is 0 Å². The van der Waals surface area contributed by atoms with Crippen LogP contribution in [0.3, 0.4) is 0 Å². The van der Waals surface area contributed by atoms with E-state index in [1.165, 1.54) is 6.92 Å². The summed E-state index contributed by atoms with van der Waals surface area (Å²) in [5.41, 5.74) is 2.17. The molecule has 0 heterocycles. The van der Waals surface area contributed by atoms with Gasteiger partial charge in [0.15, 0.2) is 0 Å². The third-order valence-corrected chi connectivity index (χ3v) is 2.42. The lowest BCUT2D eigenvalue weighted by atomic mass is 10.1. The van der Waals surface area contributed by atoms with Crippen molar-refractivity contribution in [1.29, 1.82) is 0 Å². The first-order valence-corrected chi connectivity index (χ1v) is 5.62. The van der Waals surface area contributed by atoms with Crippen LogP contribution in [0, 0.1) is 0 Å². The average molecular weight is 235 g/mol. The molecule has 0 bridgehead atoms. The van der Waals surface area contributed by atoms with Gasteiger partial charge >= 0.3 is 5.97 Å². The van der Waals surface area contributed by atoms with E-state index in [-0.39, 0.29) is 12.3 Å². The van der Waals surface area contributed by atoms with E-state index in [9.17, 15) is 9.59 Å². The van der Waals surface area contributed by atoms with Crippen molar-refractivity contribution in [1.82, 2.24) is 5.32 Å². The minimum Gasteiger partial charge on any atom is -0.481 e. The standard InChI is InChI=1S/C13H17NO3/c1-10(15)14-9-12-7-5-11(6-8-12)3-2-4-13(16)17/h5-8H,2-4,9H2,1H3,(H,14,15)(H,16,17). The molecule has 4 nitrogen and oxygen atoms in total. The molecule has 0 aliphatic carbocycles. The van der Waals surface area contributed by atoms with Crippen molar-refractivity contribution in [2.24, 2.45) is 0 Å². The number of carboxylic acids is 1. The summed E-state index contributed by atoms with van der Waals surface area (Å²) in [6.07, 6.45) is 1.63. The third kappa shape index (κ3) is 5.70. The Bertz CT molecular complexity index is 384. The minimum absolute atomic E-state index is 0.0458. The lowest BCUT2D eigenvalue weighted by molar-refractivity contribution is -0.137. The van der Waals surface area contributed by atoms with Crippen LogP contribution in [0.1, 0.15) is 30.9 Å². The Morgan fingerprint density at radius 1 is 1.18 bits per heavy atom. The molecular formula is C13H17NO3. The second-order valence-electron chi connectivity index (χ2n) is 3.97. The van der Waals surface area contributed by atoms with Crippen LogP contribution in [0.5, 0.6) is 0 Å². The summed E-state index contributed by atoms with van der Waals surface area (Å²) in [7, 11) is 0. The molecule has 1 rings (SSSR count). The molecule has 0 fully saturated rings. The third-order valence-electron chi connectivity index (χ3n) is 2.42. The summed E-state index contributed by atoms with van der Waals surface area (Å²) in [6.45, 7) is 2.02. The maximum atomic E-state index is 10.7. The molecule has 2 N–H and O–H groups in total. The van der Waals surface area contributed by atoms with Crippen LogP contribution in [0.15, 0.2) is 24.3 Å². The number of rotatable bonds is 6. The van der Waals surface area contributed by atoms with Crippen molar-refractivity contribution >= 4 is 11.9 Å². The van der Waals surface area contributed by atoms with Crippen molar-refractivity contribution in [2.75, 3.05) is 0 Å². The molecule has 0 aliphatic rings. The highest BCUT2D eigenvalue weighted by Gasteiger charge is 1.99. The molecular weight excluding hydrogens is 218 g/mol. The van der Waals surface area contributed by atoms with Gasteiger partial charge in [-0.3, -0.25) is 9.59 Å². The number of aliphatic carboxylic acids is 1. The highest BCUT2D eigenvalue weighted by Crippen LogP contribution is 2.08. The van der Waals surface area contributed by atoms with Crippen LogP contribution >= 0.6 is 0 Å². The van der Waals surface area contributed by atoms with Crippen LogP contribution < -0.4 is 5.32 Å². The van der Waals surface area contributed by atoms with Crippen molar-refractivity contribution in [3.05, 3.63) is 35.4 Å². The molecule has 0 spiro atoms. The van der Waals surface area contributed by atoms with Gasteiger partial charge in [0.25, 0.3) is 0 Å². The molecule has 0 aliphatic heterocycles. The molecule has 17 heavy (non-hydrogen) atoms. The zero-order valence-electron chi connectivity index (χ0n) is 9.90. The molecule has 0 unspecified atom stereocenters. The number of hydrogen-bond acceptors (Lipinski definition) is 2.